The molecule has 0 unspecified atom stereocenters. The molecular formula is C19H21N3O3. The lowest BCUT2D eigenvalue weighted by molar-refractivity contribution is -0.130. The maximum Gasteiger partial charge on any atom is 0.226 e. The van der Waals surface area contributed by atoms with E-state index in [1.807, 2.05) is 30.3 Å². The van der Waals surface area contributed by atoms with Crippen molar-refractivity contribution in [3.63, 3.8) is 0 Å². The number of Topliss-reactive ketones (excluding diaryl/α,β-unsaturated/α-hetero) is 1. The van der Waals surface area contributed by atoms with Crippen molar-refractivity contribution in [2.24, 2.45) is 0 Å². The molecule has 0 spiro atoms. The number of allylic oxidation sites excluding steroid dienone is 1. The Morgan fingerprint density at radius 2 is 2.00 bits per heavy atom. The molecular weight excluding hydrogens is 318 g/mol. The van der Waals surface area contributed by atoms with Crippen LogP contribution in [0.15, 0.2) is 40.4 Å². The number of hydrogen-bond donors (Lipinski definition) is 0. The SMILES string of the molecule is Cc1nc(CCN(C)C(=O)CC2=C(c3ccccc3)CCC2=O)no1. The summed E-state index contributed by atoms with van der Waals surface area (Å²) >= 11 is 0. The summed E-state index contributed by atoms with van der Waals surface area (Å²) in [6.07, 6.45) is 1.86. The molecule has 1 aliphatic rings. The van der Waals surface area contributed by atoms with E-state index in [2.05, 4.69) is 10.1 Å². The van der Waals surface area contributed by atoms with E-state index in [1.165, 1.54) is 0 Å². The lowest BCUT2D eigenvalue weighted by Gasteiger charge is -2.17. The summed E-state index contributed by atoms with van der Waals surface area (Å²) in [7, 11) is 1.73. The molecule has 1 heterocycles. The first-order valence-corrected chi connectivity index (χ1v) is 8.38. The molecule has 1 aromatic heterocycles. The quantitative estimate of drug-likeness (QED) is 0.808. The van der Waals surface area contributed by atoms with Crippen molar-refractivity contribution in [1.29, 1.82) is 0 Å². The van der Waals surface area contributed by atoms with Crippen LogP contribution in [0.3, 0.4) is 0 Å². The smallest absolute Gasteiger partial charge is 0.226 e. The third-order valence-electron chi connectivity index (χ3n) is 4.42. The van der Waals surface area contributed by atoms with Crippen LogP contribution in [0.4, 0.5) is 0 Å². The number of amides is 1. The molecule has 0 radical (unpaired) electrons. The molecule has 0 saturated carbocycles. The molecule has 2 aromatic rings. The zero-order valence-corrected chi connectivity index (χ0v) is 14.5. The maximum absolute atomic E-state index is 12.5. The van der Waals surface area contributed by atoms with Gasteiger partial charge < -0.3 is 9.42 Å². The van der Waals surface area contributed by atoms with Gasteiger partial charge in [-0.3, -0.25) is 9.59 Å². The van der Waals surface area contributed by atoms with Gasteiger partial charge in [0, 0.05) is 38.9 Å². The van der Waals surface area contributed by atoms with E-state index in [0.29, 0.717) is 43.1 Å². The van der Waals surface area contributed by atoms with E-state index in [9.17, 15) is 9.59 Å². The van der Waals surface area contributed by atoms with Crippen molar-refractivity contribution in [2.75, 3.05) is 13.6 Å². The van der Waals surface area contributed by atoms with Crippen LogP contribution in [-0.4, -0.2) is 40.3 Å². The van der Waals surface area contributed by atoms with Crippen molar-refractivity contribution in [1.82, 2.24) is 15.0 Å². The highest BCUT2D eigenvalue weighted by atomic mass is 16.5. The van der Waals surface area contributed by atoms with Crippen LogP contribution < -0.4 is 0 Å². The van der Waals surface area contributed by atoms with Gasteiger partial charge >= 0.3 is 0 Å². The Morgan fingerprint density at radius 1 is 1.24 bits per heavy atom. The number of aryl methyl sites for hydroxylation is 1. The molecule has 0 N–H and O–H groups in total. The first kappa shape index (κ1) is 17.1. The average Bonchev–Trinajstić information content (AvgIpc) is 3.19. The number of aromatic nitrogens is 2. The van der Waals surface area contributed by atoms with Gasteiger partial charge in [0.2, 0.25) is 11.8 Å². The normalized spacial score (nSPS) is 14.2. The monoisotopic (exact) mass is 339 g/mol. The number of nitrogens with zero attached hydrogens (tertiary/aromatic N) is 3. The predicted molar refractivity (Wildman–Crippen MR) is 92.6 cm³/mol. The molecule has 130 valence electrons. The Bertz CT molecular complexity index is 808. The molecule has 1 aromatic carbocycles. The van der Waals surface area contributed by atoms with Gasteiger partial charge in [-0.05, 0) is 17.6 Å². The summed E-state index contributed by atoms with van der Waals surface area (Å²) in [5.74, 6) is 1.10. The second-order valence-corrected chi connectivity index (χ2v) is 6.22. The molecule has 25 heavy (non-hydrogen) atoms. The van der Waals surface area contributed by atoms with Gasteiger partial charge in [0.15, 0.2) is 11.6 Å². The average molecular weight is 339 g/mol. The Kier molecular flexibility index (Phi) is 5.07. The van der Waals surface area contributed by atoms with Crippen molar-refractivity contribution in [2.45, 2.75) is 32.6 Å². The van der Waals surface area contributed by atoms with Crippen LogP contribution in [-0.2, 0) is 16.0 Å². The van der Waals surface area contributed by atoms with Gasteiger partial charge in [-0.2, -0.15) is 4.98 Å². The highest BCUT2D eigenvalue weighted by Gasteiger charge is 2.26. The van der Waals surface area contributed by atoms with Crippen molar-refractivity contribution < 1.29 is 14.1 Å². The number of carbonyl (C=O) groups excluding carboxylic acids is 2. The molecule has 6 heteroatoms. The lowest BCUT2D eigenvalue weighted by Crippen LogP contribution is -2.29. The molecule has 1 amide bonds. The van der Waals surface area contributed by atoms with Crippen LogP contribution in [0.2, 0.25) is 0 Å². The zero-order valence-electron chi connectivity index (χ0n) is 14.5. The van der Waals surface area contributed by atoms with E-state index >= 15 is 0 Å². The van der Waals surface area contributed by atoms with Gasteiger partial charge in [0.1, 0.15) is 0 Å². The van der Waals surface area contributed by atoms with Gasteiger partial charge in [-0.15, -0.1) is 0 Å². The number of hydrogen-bond acceptors (Lipinski definition) is 5. The Labute approximate surface area is 146 Å². The zero-order chi connectivity index (χ0) is 17.8. The van der Waals surface area contributed by atoms with Gasteiger partial charge in [0.05, 0.1) is 6.42 Å². The summed E-state index contributed by atoms with van der Waals surface area (Å²) < 4.78 is 4.93. The molecule has 0 fully saturated rings. The second-order valence-electron chi connectivity index (χ2n) is 6.22. The largest absolute Gasteiger partial charge is 0.345 e. The lowest BCUT2D eigenvalue weighted by atomic mass is 10.00. The fourth-order valence-electron chi connectivity index (χ4n) is 2.99. The van der Waals surface area contributed by atoms with Crippen LogP contribution >= 0.6 is 0 Å². The van der Waals surface area contributed by atoms with E-state index in [-0.39, 0.29) is 18.1 Å². The van der Waals surface area contributed by atoms with Gasteiger partial charge in [0.25, 0.3) is 0 Å². The Morgan fingerprint density at radius 3 is 2.68 bits per heavy atom. The number of likely N-dealkylation sites (N-methyl/N-ethyl adjacent to an activating group) is 1. The fourth-order valence-corrected chi connectivity index (χ4v) is 2.99. The van der Waals surface area contributed by atoms with E-state index in [1.54, 1.807) is 18.9 Å². The third kappa shape index (κ3) is 4.02. The van der Waals surface area contributed by atoms with E-state index in [0.717, 1.165) is 11.1 Å². The molecule has 1 aliphatic carbocycles. The van der Waals surface area contributed by atoms with Crippen molar-refractivity contribution in [3.8, 4) is 0 Å². The Balaban J connectivity index is 1.66. The molecule has 3 rings (SSSR count). The molecule has 6 nitrogen and oxygen atoms in total. The minimum Gasteiger partial charge on any atom is -0.345 e. The first-order valence-electron chi connectivity index (χ1n) is 8.38. The molecule has 0 atom stereocenters. The minimum atomic E-state index is -0.0705. The summed E-state index contributed by atoms with van der Waals surface area (Å²) in [4.78, 5) is 30.5. The number of ketones is 1. The third-order valence-corrected chi connectivity index (χ3v) is 4.42. The highest BCUT2D eigenvalue weighted by molar-refractivity contribution is 6.10. The topological polar surface area (TPSA) is 76.3 Å². The second kappa shape index (κ2) is 7.42. The van der Waals surface area contributed by atoms with E-state index in [4.69, 9.17) is 4.52 Å². The molecule has 0 aliphatic heterocycles. The summed E-state index contributed by atoms with van der Waals surface area (Å²) in [6.45, 7) is 2.22. The van der Waals surface area contributed by atoms with Crippen molar-refractivity contribution >= 4 is 17.3 Å². The number of rotatable bonds is 6. The predicted octanol–water partition coefficient (Wildman–Crippen LogP) is 2.59. The Hall–Kier alpha value is -2.76. The van der Waals surface area contributed by atoms with Gasteiger partial charge in [-0.25, -0.2) is 0 Å². The highest BCUT2D eigenvalue weighted by Crippen LogP contribution is 2.33. The molecule has 0 bridgehead atoms. The fraction of sp³-hybridized carbons (Fsp3) is 0.368. The number of carbonyl (C=O) groups is 2. The summed E-state index contributed by atoms with van der Waals surface area (Å²) in [6, 6.07) is 9.81. The van der Waals surface area contributed by atoms with Crippen LogP contribution in [0.5, 0.6) is 0 Å². The minimum absolute atomic E-state index is 0.0705. The molecule has 0 saturated heterocycles. The van der Waals surface area contributed by atoms with Crippen LogP contribution in [0, 0.1) is 6.92 Å². The van der Waals surface area contributed by atoms with Crippen LogP contribution in [0.25, 0.3) is 5.57 Å². The first-order chi connectivity index (χ1) is 12.0. The summed E-state index contributed by atoms with van der Waals surface area (Å²) in [5, 5.41) is 3.83. The standard InChI is InChI=1S/C19H21N3O3/c1-13-20-18(21-25-13)10-11-22(2)19(24)12-16-15(8-9-17(16)23)14-6-4-3-5-7-14/h3-7H,8-12H2,1-2H3. The van der Waals surface area contributed by atoms with Gasteiger partial charge in [-0.1, -0.05) is 35.5 Å². The van der Waals surface area contributed by atoms with Crippen LogP contribution in [0.1, 0.15) is 36.5 Å². The number of benzene rings is 1. The maximum atomic E-state index is 12.5. The van der Waals surface area contributed by atoms with E-state index < -0.39 is 0 Å². The summed E-state index contributed by atoms with van der Waals surface area (Å²) in [5.41, 5.74) is 2.68. The van der Waals surface area contributed by atoms with Crippen molar-refractivity contribution in [3.05, 3.63) is 53.2 Å².